The molecule has 0 aromatic carbocycles. The summed E-state index contributed by atoms with van der Waals surface area (Å²) >= 11 is 3.19. The van der Waals surface area contributed by atoms with Crippen LogP contribution < -0.4 is 0 Å². The maximum absolute atomic E-state index is 11.3. The molecule has 1 aliphatic rings. The second-order valence-corrected chi connectivity index (χ2v) is 6.28. The lowest BCUT2D eigenvalue weighted by molar-refractivity contribution is 0.111. The Bertz CT molecular complexity index is 722. The Labute approximate surface area is 111 Å². The minimum absolute atomic E-state index is 0.565. The summed E-state index contributed by atoms with van der Waals surface area (Å²) in [4.78, 5) is 17.7. The van der Waals surface area contributed by atoms with Gasteiger partial charge in [-0.2, -0.15) is 9.61 Å². The van der Waals surface area contributed by atoms with Crippen LogP contribution in [-0.4, -0.2) is 20.9 Å². The Morgan fingerprint density at radius 3 is 3.00 bits per heavy atom. The van der Waals surface area contributed by atoms with Crippen LogP contribution in [0.1, 0.15) is 34.3 Å². The molecule has 6 heteroatoms. The van der Waals surface area contributed by atoms with Crippen LogP contribution in [0.3, 0.4) is 0 Å². The van der Waals surface area contributed by atoms with Gasteiger partial charge >= 0.3 is 0 Å². The average Bonchev–Trinajstić information content (AvgIpc) is 2.83. The van der Waals surface area contributed by atoms with E-state index in [2.05, 4.69) is 10.1 Å². The predicted octanol–water partition coefficient (Wildman–Crippen LogP) is 3.21. The van der Waals surface area contributed by atoms with Crippen LogP contribution in [-0.2, 0) is 0 Å². The van der Waals surface area contributed by atoms with Crippen molar-refractivity contribution in [1.29, 1.82) is 0 Å². The highest BCUT2D eigenvalue weighted by molar-refractivity contribution is 7.17. The summed E-state index contributed by atoms with van der Waals surface area (Å²) in [6.45, 7) is 0. The number of fused-ring (bicyclic) bond motifs is 1. The molecule has 4 nitrogen and oxygen atoms in total. The number of imidazole rings is 1. The highest BCUT2D eigenvalue weighted by Crippen LogP contribution is 2.42. The molecule has 0 N–H and O–H groups in total. The van der Waals surface area contributed by atoms with E-state index in [4.69, 9.17) is 0 Å². The van der Waals surface area contributed by atoms with E-state index < -0.39 is 0 Å². The molecule has 0 radical (unpaired) electrons. The third-order valence-corrected chi connectivity index (χ3v) is 4.99. The van der Waals surface area contributed by atoms with Crippen molar-refractivity contribution in [2.45, 2.75) is 18.8 Å². The van der Waals surface area contributed by atoms with Crippen LogP contribution in [0.5, 0.6) is 0 Å². The van der Waals surface area contributed by atoms with Crippen molar-refractivity contribution in [2.24, 2.45) is 0 Å². The summed E-state index contributed by atoms with van der Waals surface area (Å²) in [7, 11) is 0. The SMILES string of the molecule is O=Cc1c(-c2cccs2)nc2sc(C3CC3)nn12. The molecule has 0 amide bonds. The lowest BCUT2D eigenvalue weighted by atomic mass is 10.3. The van der Waals surface area contributed by atoms with Gasteiger partial charge in [0.1, 0.15) is 16.4 Å². The molecular formula is C12H9N3OS2. The van der Waals surface area contributed by atoms with Gasteiger partial charge in [-0.3, -0.25) is 4.79 Å². The Morgan fingerprint density at radius 2 is 2.33 bits per heavy atom. The van der Waals surface area contributed by atoms with Crippen molar-refractivity contribution in [2.75, 3.05) is 0 Å². The molecule has 0 atom stereocenters. The van der Waals surface area contributed by atoms with Crippen molar-refractivity contribution in [3.05, 3.63) is 28.2 Å². The van der Waals surface area contributed by atoms with Crippen LogP contribution in [0.15, 0.2) is 17.5 Å². The maximum Gasteiger partial charge on any atom is 0.213 e. The molecule has 1 fully saturated rings. The van der Waals surface area contributed by atoms with Gasteiger partial charge in [0.25, 0.3) is 0 Å². The maximum atomic E-state index is 11.3. The van der Waals surface area contributed by atoms with Crippen molar-refractivity contribution < 1.29 is 4.79 Å². The first-order valence-electron chi connectivity index (χ1n) is 5.75. The topological polar surface area (TPSA) is 47.3 Å². The fraction of sp³-hybridized carbons (Fsp3) is 0.250. The van der Waals surface area contributed by atoms with Gasteiger partial charge in [-0.15, -0.1) is 11.3 Å². The number of aromatic nitrogens is 3. The molecule has 0 aliphatic heterocycles. The van der Waals surface area contributed by atoms with E-state index in [1.807, 2.05) is 17.5 Å². The zero-order chi connectivity index (χ0) is 12.1. The zero-order valence-corrected chi connectivity index (χ0v) is 11.0. The van der Waals surface area contributed by atoms with Crippen LogP contribution in [0.2, 0.25) is 0 Å². The van der Waals surface area contributed by atoms with Gasteiger partial charge in [0.15, 0.2) is 6.29 Å². The Balaban J connectivity index is 1.93. The number of aldehydes is 1. The van der Waals surface area contributed by atoms with Gasteiger partial charge in [0, 0.05) is 5.92 Å². The van der Waals surface area contributed by atoms with Crippen molar-refractivity contribution in [3.8, 4) is 10.6 Å². The molecule has 0 saturated heterocycles. The number of nitrogens with zero attached hydrogens (tertiary/aromatic N) is 3. The molecule has 3 heterocycles. The second kappa shape index (κ2) is 3.73. The first-order chi connectivity index (χ1) is 8.86. The Hall–Kier alpha value is -1.53. The monoisotopic (exact) mass is 275 g/mol. The van der Waals surface area contributed by atoms with E-state index in [0.717, 1.165) is 26.8 Å². The number of carbonyl (C=O) groups excluding carboxylic acids is 1. The molecule has 4 rings (SSSR count). The van der Waals surface area contributed by atoms with E-state index in [9.17, 15) is 4.79 Å². The van der Waals surface area contributed by atoms with E-state index in [-0.39, 0.29) is 0 Å². The summed E-state index contributed by atoms with van der Waals surface area (Å²) in [5.74, 6) is 0.599. The lowest BCUT2D eigenvalue weighted by Crippen LogP contribution is -1.94. The fourth-order valence-electron chi connectivity index (χ4n) is 1.97. The molecular weight excluding hydrogens is 266 g/mol. The summed E-state index contributed by atoms with van der Waals surface area (Å²) < 4.78 is 1.69. The third-order valence-electron chi connectivity index (χ3n) is 3.05. The zero-order valence-electron chi connectivity index (χ0n) is 9.37. The summed E-state index contributed by atoms with van der Waals surface area (Å²) in [5.41, 5.74) is 1.32. The van der Waals surface area contributed by atoms with Crippen LogP contribution in [0.25, 0.3) is 15.5 Å². The van der Waals surface area contributed by atoms with E-state index in [0.29, 0.717) is 11.6 Å². The lowest BCUT2D eigenvalue weighted by Gasteiger charge is -1.92. The first kappa shape index (κ1) is 10.4. The molecule has 1 aliphatic carbocycles. The van der Waals surface area contributed by atoms with E-state index in [1.54, 1.807) is 27.2 Å². The van der Waals surface area contributed by atoms with Gasteiger partial charge in [-0.05, 0) is 24.3 Å². The molecule has 0 unspecified atom stereocenters. The standard InChI is InChI=1S/C12H9N3OS2/c16-6-8-10(9-2-1-5-17-9)13-12-15(8)14-11(18-12)7-3-4-7/h1-2,5-7H,3-4H2. The summed E-state index contributed by atoms with van der Waals surface area (Å²) in [5, 5.41) is 7.62. The van der Waals surface area contributed by atoms with Crippen molar-refractivity contribution in [3.63, 3.8) is 0 Å². The van der Waals surface area contributed by atoms with Crippen LogP contribution in [0.4, 0.5) is 0 Å². The quantitative estimate of drug-likeness (QED) is 0.690. The normalized spacial score (nSPS) is 15.3. The Morgan fingerprint density at radius 1 is 1.44 bits per heavy atom. The highest BCUT2D eigenvalue weighted by Gasteiger charge is 2.29. The summed E-state index contributed by atoms with van der Waals surface area (Å²) in [6, 6.07) is 3.94. The second-order valence-electron chi connectivity index (χ2n) is 4.35. The molecule has 90 valence electrons. The smallest absolute Gasteiger partial charge is 0.213 e. The largest absolute Gasteiger partial charge is 0.296 e. The molecule has 0 spiro atoms. The Kier molecular flexibility index (Phi) is 2.15. The molecule has 1 saturated carbocycles. The number of rotatable bonds is 3. The number of thiophene rings is 1. The molecule has 0 bridgehead atoms. The van der Waals surface area contributed by atoms with Gasteiger partial charge in [-0.1, -0.05) is 17.4 Å². The van der Waals surface area contributed by atoms with Gasteiger partial charge in [-0.25, -0.2) is 4.98 Å². The minimum Gasteiger partial charge on any atom is -0.296 e. The van der Waals surface area contributed by atoms with Crippen molar-refractivity contribution in [1.82, 2.24) is 14.6 Å². The molecule has 18 heavy (non-hydrogen) atoms. The van der Waals surface area contributed by atoms with Gasteiger partial charge in [0.05, 0.1) is 4.88 Å². The predicted molar refractivity (Wildman–Crippen MR) is 71.5 cm³/mol. The third kappa shape index (κ3) is 1.46. The van der Waals surface area contributed by atoms with Crippen LogP contribution in [0, 0.1) is 0 Å². The van der Waals surface area contributed by atoms with Gasteiger partial charge in [0.2, 0.25) is 4.96 Å². The number of hydrogen-bond donors (Lipinski definition) is 0. The molecule has 3 aromatic heterocycles. The average molecular weight is 275 g/mol. The molecule has 3 aromatic rings. The van der Waals surface area contributed by atoms with Crippen LogP contribution >= 0.6 is 22.7 Å². The fourth-order valence-corrected chi connectivity index (χ4v) is 3.77. The first-order valence-corrected chi connectivity index (χ1v) is 7.45. The van der Waals surface area contributed by atoms with E-state index >= 15 is 0 Å². The number of carbonyl (C=O) groups is 1. The highest BCUT2D eigenvalue weighted by atomic mass is 32.1. The number of hydrogen-bond acceptors (Lipinski definition) is 5. The minimum atomic E-state index is 0.565. The van der Waals surface area contributed by atoms with E-state index in [1.165, 1.54) is 12.8 Å². The summed E-state index contributed by atoms with van der Waals surface area (Å²) in [6.07, 6.45) is 3.28. The van der Waals surface area contributed by atoms with Gasteiger partial charge < -0.3 is 0 Å². The van der Waals surface area contributed by atoms with Crippen molar-refractivity contribution >= 4 is 33.9 Å².